The highest BCUT2D eigenvalue weighted by atomic mass is 79.9. The van der Waals surface area contributed by atoms with E-state index >= 15 is 0 Å². The van der Waals surface area contributed by atoms with E-state index in [4.69, 9.17) is 23.2 Å². The van der Waals surface area contributed by atoms with Gasteiger partial charge in [0.05, 0.1) is 9.95 Å². The number of anilines is 1. The second-order valence-corrected chi connectivity index (χ2v) is 5.49. The molecule has 1 N–H and O–H groups in total. The number of nitro groups is 1. The van der Waals surface area contributed by atoms with E-state index in [1.807, 2.05) is 0 Å². The zero-order valence-electron chi connectivity index (χ0n) is 10.1. The van der Waals surface area contributed by atoms with Gasteiger partial charge in [0.2, 0.25) is 5.82 Å². The molecule has 0 aliphatic carbocycles. The summed E-state index contributed by atoms with van der Waals surface area (Å²) in [7, 11) is 0. The highest BCUT2D eigenvalue weighted by molar-refractivity contribution is 9.10. The molecule has 0 saturated carbocycles. The van der Waals surface area contributed by atoms with Gasteiger partial charge < -0.3 is 5.32 Å². The van der Waals surface area contributed by atoms with E-state index in [0.29, 0.717) is 9.50 Å². The molecule has 2 rings (SSSR count). The molecule has 2 aromatic rings. The van der Waals surface area contributed by atoms with Crippen LogP contribution in [-0.4, -0.2) is 15.8 Å². The van der Waals surface area contributed by atoms with E-state index in [9.17, 15) is 14.9 Å². The Morgan fingerprint density at radius 3 is 2.62 bits per heavy atom. The quantitative estimate of drug-likeness (QED) is 0.480. The summed E-state index contributed by atoms with van der Waals surface area (Å²) in [6.45, 7) is 0. The predicted molar refractivity (Wildman–Crippen MR) is 83.0 cm³/mol. The first-order valence-corrected chi connectivity index (χ1v) is 7.00. The molecule has 0 unspecified atom stereocenters. The number of carbonyl (C=O) groups excluding carboxylic acids is 1. The fraction of sp³-hybridized carbons (Fsp3) is 0. The number of pyridine rings is 1. The van der Waals surface area contributed by atoms with Crippen LogP contribution in [0.4, 0.5) is 11.5 Å². The highest BCUT2D eigenvalue weighted by Crippen LogP contribution is 2.26. The molecule has 1 aromatic heterocycles. The molecule has 9 heteroatoms. The number of nitrogens with one attached hydrogen (secondary N) is 1. The van der Waals surface area contributed by atoms with Gasteiger partial charge in [-0.05, 0) is 40.2 Å². The molecule has 0 saturated heterocycles. The third-order valence-electron chi connectivity index (χ3n) is 2.45. The van der Waals surface area contributed by atoms with Crippen LogP contribution in [0.2, 0.25) is 10.2 Å². The standard InChI is InChI=1S/C12H6BrCl2N3O3/c13-7-5-6(1-2-8(7)14)12(19)17-11-9(18(20)21)3-4-10(15)16-11/h1-5H,(H,16,17,19). The fourth-order valence-electron chi connectivity index (χ4n) is 1.48. The van der Waals surface area contributed by atoms with Gasteiger partial charge >= 0.3 is 5.69 Å². The molecular weight excluding hydrogens is 385 g/mol. The summed E-state index contributed by atoms with van der Waals surface area (Å²) in [6.07, 6.45) is 0. The van der Waals surface area contributed by atoms with Crippen LogP contribution < -0.4 is 5.32 Å². The number of nitrogens with zero attached hydrogens (tertiary/aromatic N) is 2. The summed E-state index contributed by atoms with van der Waals surface area (Å²) in [5.41, 5.74) is -0.0804. The van der Waals surface area contributed by atoms with Crippen LogP contribution in [-0.2, 0) is 0 Å². The van der Waals surface area contributed by atoms with E-state index in [2.05, 4.69) is 26.2 Å². The van der Waals surface area contributed by atoms with Gasteiger partial charge in [-0.25, -0.2) is 4.98 Å². The van der Waals surface area contributed by atoms with Gasteiger partial charge in [0, 0.05) is 16.1 Å². The number of halogens is 3. The summed E-state index contributed by atoms with van der Waals surface area (Å²) in [6, 6.07) is 6.95. The number of amides is 1. The van der Waals surface area contributed by atoms with Crippen LogP contribution in [0.25, 0.3) is 0 Å². The maximum Gasteiger partial charge on any atom is 0.311 e. The van der Waals surface area contributed by atoms with Gasteiger partial charge in [-0.3, -0.25) is 14.9 Å². The lowest BCUT2D eigenvalue weighted by Gasteiger charge is -2.06. The zero-order chi connectivity index (χ0) is 15.6. The number of hydrogen-bond donors (Lipinski definition) is 1. The Morgan fingerprint density at radius 2 is 2.00 bits per heavy atom. The van der Waals surface area contributed by atoms with Crippen LogP contribution in [0.5, 0.6) is 0 Å². The molecule has 6 nitrogen and oxygen atoms in total. The Bertz CT molecular complexity index is 740. The first-order valence-electron chi connectivity index (χ1n) is 5.46. The minimum absolute atomic E-state index is 0.0354. The number of rotatable bonds is 3. The van der Waals surface area contributed by atoms with Crippen molar-refractivity contribution in [3.63, 3.8) is 0 Å². The Morgan fingerprint density at radius 1 is 1.29 bits per heavy atom. The summed E-state index contributed by atoms with van der Waals surface area (Å²) >= 11 is 14.7. The van der Waals surface area contributed by atoms with Crippen LogP contribution >= 0.6 is 39.1 Å². The minimum atomic E-state index is -0.656. The number of hydrogen-bond acceptors (Lipinski definition) is 4. The lowest BCUT2D eigenvalue weighted by Crippen LogP contribution is -2.14. The third kappa shape index (κ3) is 3.69. The molecule has 0 atom stereocenters. The molecule has 21 heavy (non-hydrogen) atoms. The van der Waals surface area contributed by atoms with Crippen LogP contribution in [0, 0.1) is 10.1 Å². The zero-order valence-corrected chi connectivity index (χ0v) is 13.2. The van der Waals surface area contributed by atoms with E-state index in [-0.39, 0.29) is 22.2 Å². The topological polar surface area (TPSA) is 85.1 Å². The van der Waals surface area contributed by atoms with Crippen LogP contribution in [0.15, 0.2) is 34.8 Å². The van der Waals surface area contributed by atoms with Gasteiger partial charge in [-0.2, -0.15) is 0 Å². The lowest BCUT2D eigenvalue weighted by atomic mass is 10.2. The smallest absolute Gasteiger partial charge is 0.301 e. The van der Waals surface area contributed by atoms with Crippen molar-refractivity contribution in [2.24, 2.45) is 0 Å². The fourth-order valence-corrected chi connectivity index (χ4v) is 2.13. The predicted octanol–water partition coefficient (Wildman–Crippen LogP) is 4.31. The average molecular weight is 391 g/mol. The van der Waals surface area contributed by atoms with Gasteiger partial charge in [0.15, 0.2) is 0 Å². The van der Waals surface area contributed by atoms with Gasteiger partial charge in [-0.15, -0.1) is 0 Å². The van der Waals surface area contributed by atoms with E-state index in [1.54, 1.807) is 0 Å². The van der Waals surface area contributed by atoms with Gasteiger partial charge in [0.25, 0.3) is 5.91 Å². The Balaban J connectivity index is 2.33. The first-order chi connectivity index (χ1) is 9.88. The van der Waals surface area contributed by atoms with Crippen molar-refractivity contribution in [1.82, 2.24) is 4.98 Å². The van der Waals surface area contributed by atoms with Crippen molar-refractivity contribution in [2.75, 3.05) is 5.32 Å². The summed E-state index contributed by atoms with van der Waals surface area (Å²) in [4.78, 5) is 26.1. The lowest BCUT2D eigenvalue weighted by molar-refractivity contribution is -0.384. The molecule has 1 amide bonds. The Kier molecular flexibility index (Phi) is 4.76. The number of benzene rings is 1. The van der Waals surface area contributed by atoms with Crippen molar-refractivity contribution in [1.29, 1.82) is 0 Å². The molecule has 0 bridgehead atoms. The highest BCUT2D eigenvalue weighted by Gasteiger charge is 2.19. The Labute approximate surface area is 137 Å². The third-order valence-corrected chi connectivity index (χ3v) is 3.87. The van der Waals surface area contributed by atoms with Crippen molar-refractivity contribution < 1.29 is 9.72 Å². The van der Waals surface area contributed by atoms with Crippen molar-refractivity contribution >= 4 is 56.5 Å². The minimum Gasteiger partial charge on any atom is -0.301 e. The Hall–Kier alpha value is -1.70. The molecule has 0 aliphatic heterocycles. The molecule has 108 valence electrons. The second kappa shape index (κ2) is 6.38. The van der Waals surface area contributed by atoms with Gasteiger partial charge in [-0.1, -0.05) is 23.2 Å². The molecule has 0 radical (unpaired) electrons. The molecular formula is C12H6BrCl2N3O3. The van der Waals surface area contributed by atoms with Crippen molar-refractivity contribution in [3.8, 4) is 0 Å². The first kappa shape index (κ1) is 15.7. The largest absolute Gasteiger partial charge is 0.311 e. The maximum absolute atomic E-state index is 12.1. The molecule has 0 aliphatic rings. The molecule has 0 fully saturated rings. The van der Waals surface area contributed by atoms with E-state index < -0.39 is 10.8 Å². The molecule has 1 aromatic carbocycles. The number of carbonyl (C=O) groups is 1. The van der Waals surface area contributed by atoms with Gasteiger partial charge in [0.1, 0.15) is 5.15 Å². The maximum atomic E-state index is 12.1. The monoisotopic (exact) mass is 389 g/mol. The van der Waals surface area contributed by atoms with Crippen LogP contribution in [0.3, 0.4) is 0 Å². The van der Waals surface area contributed by atoms with Crippen molar-refractivity contribution in [3.05, 3.63) is 60.7 Å². The van der Waals surface area contributed by atoms with Crippen LogP contribution in [0.1, 0.15) is 10.4 Å². The van der Waals surface area contributed by atoms with Crippen molar-refractivity contribution in [2.45, 2.75) is 0 Å². The van der Waals surface area contributed by atoms with E-state index in [0.717, 1.165) is 0 Å². The van der Waals surface area contributed by atoms with E-state index in [1.165, 1.54) is 30.3 Å². The average Bonchev–Trinajstić information content (AvgIpc) is 2.41. The summed E-state index contributed by atoms with van der Waals surface area (Å²) in [5.74, 6) is -0.784. The SMILES string of the molecule is O=C(Nc1nc(Cl)ccc1[N+](=O)[O-])c1ccc(Cl)c(Br)c1. The second-order valence-electron chi connectivity index (χ2n) is 3.84. The molecule has 0 spiro atoms. The summed E-state index contributed by atoms with van der Waals surface area (Å²) < 4.78 is 0.533. The summed E-state index contributed by atoms with van der Waals surface area (Å²) in [5, 5.41) is 13.7. The molecule has 1 heterocycles. The normalized spacial score (nSPS) is 10.2. The number of aromatic nitrogens is 1.